The van der Waals surface area contributed by atoms with Crippen LogP contribution >= 0.6 is 0 Å². The third kappa shape index (κ3) is 4.25. The van der Waals surface area contributed by atoms with Crippen LogP contribution in [0.5, 0.6) is 5.75 Å². The molecule has 0 fully saturated rings. The van der Waals surface area contributed by atoms with E-state index >= 15 is 0 Å². The lowest BCUT2D eigenvalue weighted by molar-refractivity contribution is 0.253. The van der Waals surface area contributed by atoms with Crippen molar-refractivity contribution in [1.29, 1.82) is 0 Å². The minimum absolute atomic E-state index is 0.319. The van der Waals surface area contributed by atoms with Crippen molar-refractivity contribution in [3.05, 3.63) is 77.9 Å². The Hall–Kier alpha value is -2.66. The molecule has 0 radical (unpaired) electrons. The van der Waals surface area contributed by atoms with Crippen molar-refractivity contribution in [2.75, 3.05) is 14.2 Å². The Morgan fingerprint density at radius 1 is 1.16 bits per heavy atom. The van der Waals surface area contributed by atoms with E-state index < -0.39 is 0 Å². The van der Waals surface area contributed by atoms with Crippen LogP contribution in [0.25, 0.3) is 0 Å². The van der Waals surface area contributed by atoms with Gasteiger partial charge in [0.15, 0.2) is 0 Å². The first kappa shape index (κ1) is 17.2. The minimum Gasteiger partial charge on any atom is -0.496 e. The lowest BCUT2D eigenvalue weighted by atomic mass is 10.1. The van der Waals surface area contributed by atoms with Gasteiger partial charge in [0.2, 0.25) is 0 Å². The lowest BCUT2D eigenvalue weighted by Crippen LogP contribution is -2.22. The van der Waals surface area contributed by atoms with E-state index in [-0.39, 0.29) is 0 Å². The van der Waals surface area contributed by atoms with Gasteiger partial charge < -0.3 is 4.74 Å². The van der Waals surface area contributed by atoms with Crippen molar-refractivity contribution in [3.8, 4) is 5.75 Å². The molecule has 3 aromatic rings. The summed E-state index contributed by atoms with van der Waals surface area (Å²) in [6, 6.07) is 12.8. The molecule has 0 aliphatic carbocycles. The summed E-state index contributed by atoms with van der Waals surface area (Å²) in [4.78, 5) is 6.42. The monoisotopic (exact) mass is 336 g/mol. The van der Waals surface area contributed by atoms with Crippen LogP contribution in [0.15, 0.2) is 61.2 Å². The average Bonchev–Trinajstić information content (AvgIpc) is 3.15. The fraction of sp³-hybridized carbons (Fsp3) is 0.300. The molecule has 0 aliphatic rings. The van der Waals surface area contributed by atoms with Gasteiger partial charge in [0.1, 0.15) is 5.75 Å². The highest BCUT2D eigenvalue weighted by molar-refractivity contribution is 5.37. The molecular weight excluding hydrogens is 312 g/mol. The van der Waals surface area contributed by atoms with Gasteiger partial charge in [0.25, 0.3) is 0 Å². The topological polar surface area (TPSA) is 43.2 Å². The maximum absolute atomic E-state index is 5.51. The van der Waals surface area contributed by atoms with E-state index in [1.54, 1.807) is 13.3 Å². The number of methoxy groups -OCH3 is 1. The molecule has 130 valence electrons. The van der Waals surface area contributed by atoms with Crippen LogP contribution in [-0.4, -0.2) is 33.8 Å². The second-order valence-corrected chi connectivity index (χ2v) is 6.22. The summed E-state index contributed by atoms with van der Waals surface area (Å²) in [5.41, 5.74) is 3.66. The molecule has 0 bridgehead atoms. The van der Waals surface area contributed by atoms with Crippen LogP contribution in [0, 0.1) is 0 Å². The van der Waals surface area contributed by atoms with Gasteiger partial charge in [-0.15, -0.1) is 0 Å². The molecule has 3 rings (SSSR count). The Labute approximate surface area is 148 Å². The standard InChI is InChI=1S/C20H24N4O/c1-16(18-7-10-21-11-8-18)23(2)14-17-5-6-20(25-3)19(13-17)15-24-12-4-9-22-24/h4-13,16H,14-15H2,1-3H3. The molecule has 1 aromatic carbocycles. The third-order valence-corrected chi connectivity index (χ3v) is 4.52. The zero-order valence-electron chi connectivity index (χ0n) is 15.0. The Kier molecular flexibility index (Phi) is 5.46. The minimum atomic E-state index is 0.319. The molecule has 0 N–H and O–H groups in total. The highest BCUT2D eigenvalue weighted by Crippen LogP contribution is 2.24. The lowest BCUT2D eigenvalue weighted by Gasteiger charge is -2.25. The normalized spacial score (nSPS) is 12.3. The van der Waals surface area contributed by atoms with Crippen LogP contribution < -0.4 is 4.74 Å². The molecule has 1 atom stereocenters. The molecule has 2 heterocycles. The Morgan fingerprint density at radius 3 is 2.64 bits per heavy atom. The second kappa shape index (κ2) is 7.94. The predicted molar refractivity (Wildman–Crippen MR) is 98.4 cm³/mol. The molecule has 5 heteroatoms. The summed E-state index contributed by atoms with van der Waals surface area (Å²) in [5.74, 6) is 0.893. The smallest absolute Gasteiger partial charge is 0.123 e. The Morgan fingerprint density at radius 2 is 1.96 bits per heavy atom. The van der Waals surface area contributed by atoms with Crippen molar-refractivity contribution in [1.82, 2.24) is 19.7 Å². The van der Waals surface area contributed by atoms with E-state index in [1.165, 1.54) is 11.1 Å². The van der Waals surface area contributed by atoms with Gasteiger partial charge in [-0.3, -0.25) is 14.6 Å². The number of rotatable bonds is 7. The van der Waals surface area contributed by atoms with Gasteiger partial charge in [-0.2, -0.15) is 5.10 Å². The van der Waals surface area contributed by atoms with Crippen LogP contribution in [0.1, 0.15) is 29.7 Å². The van der Waals surface area contributed by atoms with Crippen LogP contribution in [0.2, 0.25) is 0 Å². The Bertz CT molecular complexity index is 787. The quantitative estimate of drug-likeness (QED) is 0.662. The maximum Gasteiger partial charge on any atom is 0.123 e. The number of benzene rings is 1. The van der Waals surface area contributed by atoms with Gasteiger partial charge in [-0.05, 0) is 55.4 Å². The number of hydrogen-bond donors (Lipinski definition) is 0. The van der Waals surface area contributed by atoms with E-state index in [1.807, 2.05) is 35.4 Å². The van der Waals surface area contributed by atoms with Gasteiger partial charge in [-0.25, -0.2) is 0 Å². The second-order valence-electron chi connectivity index (χ2n) is 6.22. The molecule has 5 nitrogen and oxygen atoms in total. The number of hydrogen-bond acceptors (Lipinski definition) is 4. The van der Waals surface area contributed by atoms with E-state index in [9.17, 15) is 0 Å². The molecule has 1 unspecified atom stereocenters. The number of nitrogens with zero attached hydrogens (tertiary/aromatic N) is 4. The third-order valence-electron chi connectivity index (χ3n) is 4.52. The number of aromatic nitrogens is 3. The van der Waals surface area contributed by atoms with Crippen molar-refractivity contribution in [2.45, 2.75) is 26.1 Å². The highest BCUT2D eigenvalue weighted by atomic mass is 16.5. The first-order valence-corrected chi connectivity index (χ1v) is 8.40. The van der Waals surface area contributed by atoms with Crippen LogP contribution in [-0.2, 0) is 13.1 Å². The molecule has 0 saturated carbocycles. The largest absolute Gasteiger partial charge is 0.496 e. The first-order chi connectivity index (χ1) is 12.2. The van der Waals surface area contributed by atoms with Gasteiger partial charge >= 0.3 is 0 Å². The van der Waals surface area contributed by atoms with E-state index in [2.05, 4.69) is 53.2 Å². The molecular formula is C20H24N4O. The number of ether oxygens (including phenoxy) is 1. The fourth-order valence-corrected chi connectivity index (χ4v) is 2.94. The van der Waals surface area contributed by atoms with Gasteiger partial charge in [0.05, 0.1) is 13.7 Å². The van der Waals surface area contributed by atoms with E-state index in [0.717, 1.165) is 17.9 Å². The first-order valence-electron chi connectivity index (χ1n) is 8.40. The van der Waals surface area contributed by atoms with Gasteiger partial charge in [-0.1, -0.05) is 6.07 Å². The summed E-state index contributed by atoms with van der Waals surface area (Å²) in [6.07, 6.45) is 7.44. The van der Waals surface area contributed by atoms with Crippen molar-refractivity contribution in [2.24, 2.45) is 0 Å². The molecule has 25 heavy (non-hydrogen) atoms. The van der Waals surface area contributed by atoms with Gasteiger partial charge in [0, 0.05) is 42.9 Å². The van der Waals surface area contributed by atoms with Crippen molar-refractivity contribution in [3.63, 3.8) is 0 Å². The molecule has 2 aromatic heterocycles. The molecule has 0 amide bonds. The van der Waals surface area contributed by atoms with Crippen molar-refractivity contribution < 1.29 is 4.74 Å². The molecule has 0 saturated heterocycles. The summed E-state index contributed by atoms with van der Waals surface area (Å²) >= 11 is 0. The average molecular weight is 336 g/mol. The van der Waals surface area contributed by atoms with Crippen LogP contribution in [0.3, 0.4) is 0 Å². The summed E-state index contributed by atoms with van der Waals surface area (Å²) < 4.78 is 7.42. The van der Waals surface area contributed by atoms with Crippen LogP contribution in [0.4, 0.5) is 0 Å². The highest BCUT2D eigenvalue weighted by Gasteiger charge is 2.13. The predicted octanol–water partition coefficient (Wildman–Crippen LogP) is 3.53. The summed E-state index contributed by atoms with van der Waals surface area (Å²) in [6.45, 7) is 3.77. The zero-order chi connectivity index (χ0) is 17.6. The van der Waals surface area contributed by atoms with E-state index in [0.29, 0.717) is 12.6 Å². The van der Waals surface area contributed by atoms with E-state index in [4.69, 9.17) is 4.74 Å². The summed E-state index contributed by atoms with van der Waals surface area (Å²) in [7, 11) is 3.85. The molecule has 0 spiro atoms. The SMILES string of the molecule is COc1ccc(CN(C)C(C)c2ccncc2)cc1Cn1cccn1. The maximum atomic E-state index is 5.51. The zero-order valence-corrected chi connectivity index (χ0v) is 15.0. The van der Waals surface area contributed by atoms with Crippen molar-refractivity contribution >= 4 is 0 Å². The molecule has 0 aliphatic heterocycles. The summed E-state index contributed by atoms with van der Waals surface area (Å²) in [5, 5.41) is 4.29. The Balaban J connectivity index is 1.75. The number of pyridine rings is 1. The fourth-order valence-electron chi connectivity index (χ4n) is 2.94.